The van der Waals surface area contributed by atoms with Gasteiger partial charge in [-0.05, 0) is 18.6 Å². The van der Waals surface area contributed by atoms with E-state index in [0.717, 1.165) is 19.7 Å². The van der Waals surface area contributed by atoms with Crippen molar-refractivity contribution in [3.05, 3.63) is 30.3 Å². The first kappa shape index (κ1) is 8.30. The van der Waals surface area contributed by atoms with Gasteiger partial charge in [-0.2, -0.15) is 0 Å². The van der Waals surface area contributed by atoms with E-state index in [9.17, 15) is 0 Å². The summed E-state index contributed by atoms with van der Waals surface area (Å²) in [7, 11) is 0. The number of hydrogen-bond acceptors (Lipinski definition) is 2. The maximum absolute atomic E-state index is 5.69. The van der Waals surface area contributed by atoms with Gasteiger partial charge in [-0.3, -0.25) is 0 Å². The maximum Gasteiger partial charge on any atom is 0.0895 e. The second-order valence-corrected chi connectivity index (χ2v) is 4.29. The fourth-order valence-corrected chi connectivity index (χ4v) is 2.42. The summed E-state index contributed by atoms with van der Waals surface area (Å²) in [5.74, 6) is 0. The highest BCUT2D eigenvalue weighted by molar-refractivity contribution is 5.47. The first-order valence-corrected chi connectivity index (χ1v) is 5.32. The second-order valence-electron chi connectivity index (χ2n) is 4.29. The SMILES string of the molecule is c1ccc(N2CCC3(CCO3)C2)cc1. The average molecular weight is 189 g/mol. The predicted octanol–water partition coefficient (Wildman–Crippen LogP) is 2.06. The summed E-state index contributed by atoms with van der Waals surface area (Å²) in [6.07, 6.45) is 2.44. The minimum atomic E-state index is 0.218. The normalized spacial score (nSPS) is 30.7. The van der Waals surface area contributed by atoms with E-state index in [0.29, 0.717) is 0 Å². The van der Waals surface area contributed by atoms with E-state index in [-0.39, 0.29) is 5.60 Å². The third kappa shape index (κ3) is 1.22. The summed E-state index contributed by atoms with van der Waals surface area (Å²) >= 11 is 0. The number of rotatable bonds is 1. The van der Waals surface area contributed by atoms with Crippen LogP contribution >= 0.6 is 0 Å². The Labute approximate surface area is 84.5 Å². The van der Waals surface area contributed by atoms with Crippen LogP contribution in [0.15, 0.2) is 30.3 Å². The van der Waals surface area contributed by atoms with Crippen molar-refractivity contribution in [2.45, 2.75) is 18.4 Å². The minimum Gasteiger partial charge on any atom is -0.373 e. The molecule has 3 rings (SSSR count). The summed E-state index contributed by atoms with van der Waals surface area (Å²) in [5.41, 5.74) is 1.55. The van der Waals surface area contributed by atoms with E-state index < -0.39 is 0 Å². The molecule has 2 fully saturated rings. The Kier molecular flexibility index (Phi) is 1.77. The van der Waals surface area contributed by atoms with Crippen LogP contribution in [0.25, 0.3) is 0 Å². The van der Waals surface area contributed by atoms with E-state index in [1.54, 1.807) is 0 Å². The first-order valence-electron chi connectivity index (χ1n) is 5.32. The zero-order valence-corrected chi connectivity index (χ0v) is 8.28. The van der Waals surface area contributed by atoms with E-state index in [2.05, 4.69) is 35.2 Å². The Hall–Kier alpha value is -1.02. The van der Waals surface area contributed by atoms with Crippen LogP contribution in [0.2, 0.25) is 0 Å². The fourth-order valence-electron chi connectivity index (χ4n) is 2.42. The molecule has 0 aromatic heterocycles. The summed E-state index contributed by atoms with van der Waals surface area (Å²) < 4.78 is 5.69. The van der Waals surface area contributed by atoms with E-state index in [4.69, 9.17) is 4.74 Å². The van der Waals surface area contributed by atoms with Crippen LogP contribution < -0.4 is 4.90 Å². The van der Waals surface area contributed by atoms with Gasteiger partial charge in [-0.15, -0.1) is 0 Å². The van der Waals surface area contributed by atoms with Gasteiger partial charge < -0.3 is 9.64 Å². The molecule has 0 N–H and O–H groups in total. The van der Waals surface area contributed by atoms with Crippen LogP contribution in [0.4, 0.5) is 5.69 Å². The second kappa shape index (κ2) is 2.99. The number of nitrogens with zero attached hydrogens (tertiary/aromatic N) is 1. The van der Waals surface area contributed by atoms with Crippen molar-refractivity contribution in [1.29, 1.82) is 0 Å². The van der Waals surface area contributed by atoms with Crippen molar-refractivity contribution in [2.75, 3.05) is 24.6 Å². The van der Waals surface area contributed by atoms with Crippen LogP contribution in [0, 0.1) is 0 Å². The molecule has 0 radical (unpaired) electrons. The molecule has 2 heterocycles. The fraction of sp³-hybridized carbons (Fsp3) is 0.500. The van der Waals surface area contributed by atoms with Gasteiger partial charge in [0, 0.05) is 25.2 Å². The lowest BCUT2D eigenvalue weighted by molar-refractivity contribution is -0.130. The molecule has 14 heavy (non-hydrogen) atoms. The van der Waals surface area contributed by atoms with Gasteiger partial charge in [-0.1, -0.05) is 18.2 Å². The highest BCUT2D eigenvalue weighted by atomic mass is 16.5. The van der Waals surface area contributed by atoms with Crippen molar-refractivity contribution in [2.24, 2.45) is 0 Å². The van der Waals surface area contributed by atoms with E-state index in [1.807, 2.05) is 0 Å². The molecule has 1 aromatic carbocycles. The smallest absolute Gasteiger partial charge is 0.0895 e. The standard InChI is InChI=1S/C12H15NO/c1-2-4-11(5-3-1)13-8-6-12(10-13)7-9-14-12/h1-5H,6-10H2. The molecule has 1 unspecified atom stereocenters. The van der Waals surface area contributed by atoms with Gasteiger partial charge in [-0.25, -0.2) is 0 Å². The highest BCUT2D eigenvalue weighted by Crippen LogP contribution is 2.37. The van der Waals surface area contributed by atoms with Gasteiger partial charge in [0.2, 0.25) is 0 Å². The zero-order valence-electron chi connectivity index (χ0n) is 8.28. The van der Waals surface area contributed by atoms with E-state index in [1.165, 1.54) is 18.5 Å². The van der Waals surface area contributed by atoms with Crippen LogP contribution in [-0.4, -0.2) is 25.3 Å². The third-order valence-corrected chi connectivity index (χ3v) is 3.40. The number of para-hydroxylation sites is 1. The Balaban J connectivity index is 1.76. The van der Waals surface area contributed by atoms with Gasteiger partial charge in [0.1, 0.15) is 0 Å². The summed E-state index contributed by atoms with van der Waals surface area (Å²) in [4.78, 5) is 2.43. The van der Waals surface area contributed by atoms with Crippen LogP contribution in [0.1, 0.15) is 12.8 Å². The summed E-state index contributed by atoms with van der Waals surface area (Å²) in [6.45, 7) is 3.18. The molecule has 1 aromatic rings. The van der Waals surface area contributed by atoms with Crippen LogP contribution in [0.3, 0.4) is 0 Å². The van der Waals surface area contributed by atoms with Crippen LogP contribution in [0.5, 0.6) is 0 Å². The van der Waals surface area contributed by atoms with Crippen molar-refractivity contribution in [3.63, 3.8) is 0 Å². The zero-order chi connectivity index (χ0) is 9.43. The molecule has 0 aliphatic carbocycles. The topological polar surface area (TPSA) is 12.5 Å². The molecule has 2 aliphatic heterocycles. The lowest BCUT2D eigenvalue weighted by Gasteiger charge is -2.38. The van der Waals surface area contributed by atoms with Crippen molar-refractivity contribution in [1.82, 2.24) is 0 Å². The Morgan fingerprint density at radius 2 is 1.93 bits per heavy atom. The number of hydrogen-bond donors (Lipinski definition) is 0. The minimum absolute atomic E-state index is 0.218. The van der Waals surface area contributed by atoms with Gasteiger partial charge >= 0.3 is 0 Å². The third-order valence-electron chi connectivity index (χ3n) is 3.40. The number of benzene rings is 1. The Bertz CT molecular complexity index is 318. The largest absolute Gasteiger partial charge is 0.373 e. The first-order chi connectivity index (χ1) is 6.88. The molecule has 0 bridgehead atoms. The maximum atomic E-state index is 5.69. The molecule has 2 saturated heterocycles. The molecule has 1 spiro atoms. The van der Waals surface area contributed by atoms with Crippen LogP contribution in [-0.2, 0) is 4.74 Å². The van der Waals surface area contributed by atoms with Crippen molar-refractivity contribution < 1.29 is 4.74 Å². The number of anilines is 1. The van der Waals surface area contributed by atoms with Crippen molar-refractivity contribution in [3.8, 4) is 0 Å². The Morgan fingerprint density at radius 3 is 2.50 bits per heavy atom. The molecule has 74 valence electrons. The molecule has 2 nitrogen and oxygen atoms in total. The molecular formula is C12H15NO. The quantitative estimate of drug-likeness (QED) is 0.670. The highest BCUT2D eigenvalue weighted by Gasteiger charge is 2.44. The van der Waals surface area contributed by atoms with E-state index >= 15 is 0 Å². The molecule has 2 heteroatoms. The molecule has 0 saturated carbocycles. The number of ether oxygens (including phenoxy) is 1. The lowest BCUT2D eigenvalue weighted by atomic mass is 9.94. The molecular weight excluding hydrogens is 174 g/mol. The molecule has 2 aliphatic rings. The molecule has 0 amide bonds. The van der Waals surface area contributed by atoms with Crippen molar-refractivity contribution >= 4 is 5.69 Å². The molecule has 1 atom stereocenters. The summed E-state index contributed by atoms with van der Waals surface area (Å²) in [5, 5.41) is 0. The lowest BCUT2D eigenvalue weighted by Crippen LogP contribution is -2.45. The summed E-state index contributed by atoms with van der Waals surface area (Å²) in [6, 6.07) is 10.6. The predicted molar refractivity (Wildman–Crippen MR) is 56.6 cm³/mol. The van der Waals surface area contributed by atoms with Gasteiger partial charge in [0.25, 0.3) is 0 Å². The monoisotopic (exact) mass is 189 g/mol. The van der Waals surface area contributed by atoms with Gasteiger partial charge in [0.05, 0.1) is 12.2 Å². The Morgan fingerprint density at radius 1 is 1.14 bits per heavy atom. The van der Waals surface area contributed by atoms with Gasteiger partial charge in [0.15, 0.2) is 0 Å². The average Bonchev–Trinajstić information content (AvgIpc) is 2.63.